The summed E-state index contributed by atoms with van der Waals surface area (Å²) in [6.45, 7) is 10.0. The van der Waals surface area contributed by atoms with Gasteiger partial charge in [-0.05, 0) is 76.7 Å². The van der Waals surface area contributed by atoms with Crippen molar-refractivity contribution < 1.29 is 38.3 Å². The fraction of sp³-hybridized carbons (Fsp3) is 0.922. The van der Waals surface area contributed by atoms with Crippen LogP contribution in [0.3, 0.4) is 0 Å². The molecule has 0 bridgehead atoms. The Morgan fingerprint density at radius 3 is 1.32 bits per heavy atom. The van der Waals surface area contributed by atoms with E-state index < -0.39 is 84.6 Å². The number of nitrogens with one attached hydrogen (secondary N) is 1. The van der Waals surface area contributed by atoms with Crippen molar-refractivity contribution in [2.45, 2.75) is 213 Å². The Labute approximate surface area is 438 Å². The molecule has 0 aliphatic carbocycles. The van der Waals surface area contributed by atoms with Crippen LogP contribution in [-0.2, 0) is 33.4 Å². The van der Waals surface area contributed by atoms with Crippen molar-refractivity contribution in [1.82, 2.24) is 4.72 Å². The normalized spacial score (nSPS) is 19.9. The summed E-state index contributed by atoms with van der Waals surface area (Å²) in [7, 11) is -11.9. The van der Waals surface area contributed by atoms with Crippen LogP contribution < -0.4 is 4.72 Å². The first-order chi connectivity index (χ1) is 33.6. The Morgan fingerprint density at radius 2 is 0.912 bits per heavy atom. The highest BCUT2D eigenvalue weighted by molar-refractivity contribution is 9.09. The number of carbonyl (C=O) groups excluding carboxylic acids is 4. The zero-order valence-corrected chi connectivity index (χ0v) is 52.6. The van der Waals surface area contributed by atoms with Gasteiger partial charge in [0.25, 0.3) is 0 Å². The predicted octanol–water partition coefficient (Wildman–Crippen LogP) is 16.1. The maximum atomic E-state index is 13.6. The van der Waals surface area contributed by atoms with Crippen LogP contribution in [0.1, 0.15) is 206 Å². The van der Waals surface area contributed by atoms with E-state index in [1.807, 2.05) is 25.4 Å². The third kappa shape index (κ3) is 38.5. The lowest BCUT2D eigenvalue weighted by Gasteiger charge is -2.60. The van der Waals surface area contributed by atoms with Gasteiger partial charge in [0.2, 0.25) is 5.91 Å². The molecule has 0 saturated carbocycles. The van der Waals surface area contributed by atoms with Crippen LogP contribution in [0.2, 0.25) is 0 Å². The molecule has 1 amide bonds. The standard InChI is InChI=1S/C51H111NO8P4S4/c1-12-14-16-18-20-22-24-26-28-30-32-34-36-38-49(54)58-42-47(60-51(56)39-37-35-33-31-29-27-25-23-21-19-17-15-13-2)43-59-50(55)41-40-48(53)52-68(9,10,11)64(5)67(8)46-63(4)66(7)45-62(3)65(6)44-61-57/h47,57,61,65-68H,12-46H2,1-11H3,(H,52,53)/t47-,62?,63?,64?/m1/s1/i65T,66T,67T,68T. The minimum Gasteiger partial charge on any atom is -0.462 e. The Balaban J connectivity index is 5.30. The quantitative estimate of drug-likeness (QED) is 0.0117. The molecule has 0 aromatic rings. The van der Waals surface area contributed by atoms with Crippen molar-refractivity contribution in [3.05, 3.63) is 0 Å². The number of hydrogen-bond donors (Lipinski definition) is 6. The second-order valence-electron chi connectivity index (χ2n) is 20.0. The molecule has 412 valence electrons. The van der Waals surface area contributed by atoms with Crippen LogP contribution >= 0.6 is 69.5 Å². The summed E-state index contributed by atoms with van der Waals surface area (Å²) in [6.07, 6.45) is 40.0. The van der Waals surface area contributed by atoms with Gasteiger partial charge < -0.3 is 23.8 Å². The van der Waals surface area contributed by atoms with Crippen molar-refractivity contribution in [3.8, 4) is 0 Å². The van der Waals surface area contributed by atoms with Gasteiger partial charge in [-0.2, -0.15) is 0 Å². The summed E-state index contributed by atoms with van der Waals surface area (Å²) < 4.78 is 57.6. The summed E-state index contributed by atoms with van der Waals surface area (Å²) in [6, 6.07) is 0. The van der Waals surface area contributed by atoms with Gasteiger partial charge in [-0.15, -0.1) is 0 Å². The van der Waals surface area contributed by atoms with E-state index in [-0.39, 0.29) is 53.7 Å². The molecule has 68 heavy (non-hydrogen) atoms. The summed E-state index contributed by atoms with van der Waals surface area (Å²) in [5.41, 5.74) is 1.65. The van der Waals surface area contributed by atoms with E-state index >= 15 is 0 Å². The first-order valence-electron chi connectivity index (χ1n) is 28.1. The molecule has 2 N–H and O–H groups in total. The molecule has 7 unspecified atom stereocenters. The minimum absolute atomic E-state index is 0.222. The minimum atomic E-state index is -4.15. The largest absolute Gasteiger partial charge is 0.462 e. The van der Waals surface area contributed by atoms with Crippen LogP contribution in [0.25, 0.3) is 0 Å². The van der Waals surface area contributed by atoms with Gasteiger partial charge in [0, 0.05) is 44.6 Å². The fourth-order valence-corrected chi connectivity index (χ4v) is 47.7. The number of hydrogen-bond acceptors (Lipinski definition) is 8. The second-order valence-corrected chi connectivity index (χ2v) is 52.9. The number of thiol groups is 4. The molecular weight excluding hydrogens is 1010 g/mol. The van der Waals surface area contributed by atoms with Gasteiger partial charge in [0.15, 0.2) is 6.10 Å². The molecule has 17 heteroatoms. The van der Waals surface area contributed by atoms with E-state index in [2.05, 4.69) is 31.9 Å². The molecule has 0 aliphatic rings. The van der Waals surface area contributed by atoms with E-state index in [1.54, 1.807) is 18.8 Å². The summed E-state index contributed by atoms with van der Waals surface area (Å²) in [4.78, 5) is 62.0. The molecule has 0 fully saturated rings. The number of ether oxygens (including phenoxy) is 3. The van der Waals surface area contributed by atoms with Crippen molar-refractivity contribution in [3.63, 3.8) is 0 Å². The summed E-state index contributed by atoms with van der Waals surface area (Å²) >= 11 is 0. The summed E-state index contributed by atoms with van der Waals surface area (Å²) in [5, 5.41) is 0. The van der Waals surface area contributed by atoms with Gasteiger partial charge in [-0.25, -0.2) is 40.1 Å². The van der Waals surface area contributed by atoms with E-state index in [1.165, 1.54) is 122 Å². The van der Waals surface area contributed by atoms with Crippen LogP contribution in [0.4, 0.5) is 0 Å². The first-order valence-corrected chi connectivity index (χ1v) is 44.4. The van der Waals surface area contributed by atoms with E-state index in [0.717, 1.165) is 38.5 Å². The molecular formula is C51H111NO8P4S4. The average molecular weight is 1130 g/mol. The third-order valence-electron chi connectivity index (χ3n) is 12.6. The molecule has 0 aromatic heterocycles. The topological polar surface area (TPSA) is 128 Å². The molecule has 0 heterocycles. The Kier molecular flexibility index (Phi) is 39.1. The Hall–Kier alpha value is 0.960. The van der Waals surface area contributed by atoms with E-state index in [9.17, 15) is 27.4 Å². The lowest BCUT2D eigenvalue weighted by Crippen LogP contribution is -2.35. The van der Waals surface area contributed by atoms with Crippen LogP contribution in [0.15, 0.2) is 0 Å². The molecule has 9 nitrogen and oxygen atoms in total. The molecule has 0 aromatic carbocycles. The van der Waals surface area contributed by atoms with Crippen LogP contribution in [0, 0.1) is 0 Å². The SMILES string of the molecule is [3H]S(C)(CPO)P(C)CS([3H])(C)P(C)CS([3H])(C)P(C)S([3H])(C)(C)(C)NC(=O)CCC(=O)OC[C@@H](COC(=O)CCCCCCCCCCCCCCC)OC(=O)CCCCCCCCCCCCCCC. The molecule has 0 radical (unpaired) electrons. The van der Waals surface area contributed by atoms with E-state index in [4.69, 9.17) is 15.3 Å². The molecule has 0 rings (SSSR count). The molecule has 0 saturated heterocycles. The maximum absolute atomic E-state index is 13.6. The highest BCUT2D eigenvalue weighted by Gasteiger charge is 2.36. The lowest BCUT2D eigenvalue weighted by atomic mass is 10.0. The van der Waals surface area contributed by atoms with Crippen molar-refractivity contribution >= 4 is 93.3 Å². The number of rotatable bonds is 47. The predicted molar refractivity (Wildman–Crippen MR) is 325 cm³/mol. The van der Waals surface area contributed by atoms with E-state index in [0.29, 0.717) is 22.9 Å². The zero-order valence-electron chi connectivity index (χ0n) is 49.6. The van der Waals surface area contributed by atoms with Crippen molar-refractivity contribution in [2.24, 2.45) is 0 Å². The molecule has 0 spiro atoms. The maximum Gasteiger partial charge on any atom is 0.306 e. The first kappa shape index (κ1) is 61.5. The highest BCUT2D eigenvalue weighted by atomic mass is 33.2. The summed E-state index contributed by atoms with van der Waals surface area (Å²) in [5.74, 6) is -1.96. The van der Waals surface area contributed by atoms with Gasteiger partial charge in [0.05, 0.1) is 10.9 Å². The van der Waals surface area contributed by atoms with Gasteiger partial charge in [0.1, 0.15) is 13.2 Å². The zero-order chi connectivity index (χ0) is 54.8. The third-order valence-corrected chi connectivity index (χ3v) is 53.2. The number of amides is 1. The van der Waals surface area contributed by atoms with Gasteiger partial charge in [-0.1, -0.05) is 182 Å². The monoisotopic (exact) mass is 1130 g/mol. The van der Waals surface area contributed by atoms with Crippen molar-refractivity contribution in [2.75, 3.05) is 87.2 Å². The van der Waals surface area contributed by atoms with Gasteiger partial charge in [-0.3, -0.25) is 19.2 Å². The smallest absolute Gasteiger partial charge is 0.306 e. The van der Waals surface area contributed by atoms with Gasteiger partial charge >= 0.3 is 17.9 Å². The number of esters is 3. The van der Waals surface area contributed by atoms with Crippen LogP contribution in [0.5, 0.6) is 0 Å². The number of carbonyl (C=O) groups is 4. The Bertz CT molecular complexity index is 1520. The fourth-order valence-electron chi connectivity index (χ4n) is 7.71. The average Bonchev–Trinajstić information content (AvgIpc) is 3.28. The lowest BCUT2D eigenvalue weighted by molar-refractivity contribution is -0.167. The second kappa shape index (κ2) is 43.2. The number of unbranched alkanes of at least 4 members (excludes halogenated alkanes) is 24. The highest BCUT2D eigenvalue weighted by Crippen LogP contribution is 2.91. The Morgan fingerprint density at radius 1 is 0.559 bits per heavy atom. The molecule has 0 aliphatic heterocycles. The van der Waals surface area contributed by atoms with Crippen molar-refractivity contribution in [1.29, 1.82) is 4.50 Å². The van der Waals surface area contributed by atoms with Crippen LogP contribution in [-0.4, -0.2) is 127 Å². The molecule has 8 atom stereocenters.